The number of nitrogens with one attached hydrogen (secondary N) is 2. The van der Waals surface area contributed by atoms with Crippen molar-refractivity contribution < 1.29 is 29.4 Å². The number of unbranched alkanes of at least 4 members (excludes halogenated alkanes) is 12. The molecule has 0 radical (unpaired) electrons. The van der Waals surface area contributed by atoms with Crippen LogP contribution in [0.1, 0.15) is 126 Å². The number of hydrogen-bond donors (Lipinski definition) is 4. The molecule has 0 aromatic heterocycles. The Balaban J connectivity index is 2.02. The lowest BCUT2D eigenvalue weighted by molar-refractivity contribution is -0.141. The first-order chi connectivity index (χ1) is 18.3. The van der Waals surface area contributed by atoms with Crippen molar-refractivity contribution in [1.82, 2.24) is 5.32 Å². The Bertz CT molecular complexity index is 825. The maximum absolute atomic E-state index is 12.2. The van der Waals surface area contributed by atoms with E-state index < -0.39 is 11.9 Å². The van der Waals surface area contributed by atoms with Gasteiger partial charge in [-0.3, -0.25) is 19.2 Å². The molecule has 0 fully saturated rings. The largest absolute Gasteiger partial charge is 0.481 e. The van der Waals surface area contributed by atoms with Gasteiger partial charge in [-0.2, -0.15) is 0 Å². The molecule has 8 nitrogen and oxygen atoms in total. The third-order valence-electron chi connectivity index (χ3n) is 6.75. The van der Waals surface area contributed by atoms with Gasteiger partial charge >= 0.3 is 11.9 Å². The Hall–Kier alpha value is -2.90. The second-order valence-electron chi connectivity index (χ2n) is 10.3. The number of carboxylic acids is 2. The molecular weight excluding hydrogens is 484 g/mol. The number of aliphatic carboxylic acids is 2. The molecule has 1 aromatic carbocycles. The highest BCUT2D eigenvalue weighted by atomic mass is 16.4. The van der Waals surface area contributed by atoms with Gasteiger partial charge in [0, 0.05) is 30.6 Å². The van der Waals surface area contributed by atoms with Crippen molar-refractivity contribution >= 4 is 29.4 Å². The summed E-state index contributed by atoms with van der Waals surface area (Å²) in [4.78, 5) is 45.7. The van der Waals surface area contributed by atoms with E-state index in [1.807, 2.05) is 0 Å². The maximum atomic E-state index is 12.2. The third kappa shape index (κ3) is 17.5. The van der Waals surface area contributed by atoms with Gasteiger partial charge in [0.15, 0.2) is 0 Å². The Morgan fingerprint density at radius 1 is 0.684 bits per heavy atom. The summed E-state index contributed by atoms with van der Waals surface area (Å²) in [6.45, 7) is 2.19. The lowest BCUT2D eigenvalue weighted by Crippen LogP contribution is -2.24. The van der Waals surface area contributed by atoms with Gasteiger partial charge in [-0.05, 0) is 49.9 Å². The first-order valence-corrected chi connectivity index (χ1v) is 14.4. The van der Waals surface area contributed by atoms with Crippen LogP contribution >= 0.6 is 0 Å². The van der Waals surface area contributed by atoms with Crippen LogP contribution in [-0.2, 0) is 14.4 Å². The number of carbonyl (C=O) groups excluding carboxylic acids is 2. The molecule has 0 spiro atoms. The van der Waals surface area contributed by atoms with Crippen molar-refractivity contribution in [3.05, 3.63) is 29.8 Å². The van der Waals surface area contributed by atoms with E-state index in [0.29, 0.717) is 30.6 Å². The van der Waals surface area contributed by atoms with Gasteiger partial charge in [-0.1, -0.05) is 77.6 Å². The van der Waals surface area contributed by atoms with E-state index in [4.69, 9.17) is 10.2 Å². The zero-order valence-corrected chi connectivity index (χ0v) is 23.1. The molecule has 2 amide bonds. The molecule has 0 heterocycles. The predicted molar refractivity (Wildman–Crippen MR) is 150 cm³/mol. The van der Waals surface area contributed by atoms with Gasteiger partial charge < -0.3 is 20.8 Å². The lowest BCUT2D eigenvalue weighted by Gasteiger charge is -2.09. The standard InChI is InChI=1S/C30H48N2O6/c1-24(30(37)38)16-14-15-23-31-29(36)25-19-21-26(22-20-25)32-27(33)17-12-10-8-6-4-2-3-5-7-9-11-13-18-28(34)35/h19-22,24H,2-18,23H2,1H3,(H,31,36)(H,32,33)(H,34,35)(H,37,38)/t24-/m0/s1. The maximum Gasteiger partial charge on any atom is 0.306 e. The number of hydrogen-bond acceptors (Lipinski definition) is 4. The van der Waals surface area contributed by atoms with Crippen LogP contribution in [0.5, 0.6) is 0 Å². The summed E-state index contributed by atoms with van der Waals surface area (Å²) in [5.74, 6) is -2.05. The highest BCUT2D eigenvalue weighted by Crippen LogP contribution is 2.14. The molecule has 0 saturated heterocycles. The Morgan fingerprint density at radius 2 is 1.18 bits per heavy atom. The van der Waals surface area contributed by atoms with Gasteiger partial charge in [0.05, 0.1) is 5.92 Å². The van der Waals surface area contributed by atoms with Crippen molar-refractivity contribution in [2.75, 3.05) is 11.9 Å². The number of rotatable bonds is 23. The number of amides is 2. The lowest BCUT2D eigenvalue weighted by atomic mass is 10.0. The SMILES string of the molecule is C[C@@H](CCCCNC(=O)c1ccc(NC(=O)CCCCCCCCCCCCCCC(=O)O)cc1)C(=O)O. The van der Waals surface area contributed by atoms with E-state index in [1.54, 1.807) is 31.2 Å². The van der Waals surface area contributed by atoms with Crippen LogP contribution in [0.15, 0.2) is 24.3 Å². The van der Waals surface area contributed by atoms with Crippen molar-refractivity contribution in [2.24, 2.45) is 5.92 Å². The number of benzene rings is 1. The van der Waals surface area contributed by atoms with Crippen LogP contribution in [0, 0.1) is 5.92 Å². The molecule has 0 saturated carbocycles. The Labute approximate surface area is 228 Å². The second kappa shape index (κ2) is 21.1. The van der Waals surface area contributed by atoms with Gasteiger partial charge in [-0.25, -0.2) is 0 Å². The number of carbonyl (C=O) groups is 4. The summed E-state index contributed by atoms with van der Waals surface area (Å²) in [5.41, 5.74) is 1.20. The average molecular weight is 533 g/mol. The van der Waals surface area contributed by atoms with Crippen LogP contribution in [0.3, 0.4) is 0 Å². The molecule has 38 heavy (non-hydrogen) atoms. The molecule has 1 aromatic rings. The summed E-state index contributed by atoms with van der Waals surface area (Å²) < 4.78 is 0. The molecule has 0 bridgehead atoms. The summed E-state index contributed by atoms with van der Waals surface area (Å²) >= 11 is 0. The van der Waals surface area contributed by atoms with E-state index in [1.165, 1.54) is 38.5 Å². The topological polar surface area (TPSA) is 133 Å². The Kier molecular flexibility index (Phi) is 18.4. The summed E-state index contributed by atoms with van der Waals surface area (Å²) in [5, 5.41) is 23.2. The second-order valence-corrected chi connectivity index (χ2v) is 10.3. The molecule has 8 heteroatoms. The molecular formula is C30H48N2O6. The van der Waals surface area contributed by atoms with Crippen molar-refractivity contribution in [1.29, 1.82) is 0 Å². The minimum atomic E-state index is -0.792. The fourth-order valence-corrected chi connectivity index (χ4v) is 4.26. The zero-order valence-electron chi connectivity index (χ0n) is 23.1. The van der Waals surface area contributed by atoms with Gasteiger partial charge in [0.25, 0.3) is 5.91 Å². The average Bonchev–Trinajstić information content (AvgIpc) is 2.88. The number of anilines is 1. The summed E-state index contributed by atoms with van der Waals surface area (Å²) in [6.07, 6.45) is 16.2. The van der Waals surface area contributed by atoms with Crippen LogP contribution in [0.25, 0.3) is 0 Å². The van der Waals surface area contributed by atoms with Crippen molar-refractivity contribution in [2.45, 2.75) is 116 Å². The van der Waals surface area contributed by atoms with E-state index in [0.717, 1.165) is 51.4 Å². The molecule has 4 N–H and O–H groups in total. The Morgan fingerprint density at radius 3 is 1.68 bits per heavy atom. The van der Waals surface area contributed by atoms with E-state index >= 15 is 0 Å². The number of carboxylic acid groups (broad SMARTS) is 2. The minimum Gasteiger partial charge on any atom is -0.481 e. The zero-order chi connectivity index (χ0) is 28.0. The smallest absolute Gasteiger partial charge is 0.306 e. The van der Waals surface area contributed by atoms with Crippen LogP contribution in [0.2, 0.25) is 0 Å². The molecule has 0 unspecified atom stereocenters. The molecule has 1 rings (SSSR count). The summed E-state index contributed by atoms with van der Waals surface area (Å²) in [7, 11) is 0. The minimum absolute atomic E-state index is 0.0128. The van der Waals surface area contributed by atoms with Crippen LogP contribution in [-0.4, -0.2) is 40.5 Å². The molecule has 1 atom stereocenters. The van der Waals surface area contributed by atoms with Crippen LogP contribution in [0.4, 0.5) is 5.69 Å². The molecule has 0 aliphatic heterocycles. The molecule has 0 aliphatic carbocycles. The normalized spacial score (nSPS) is 11.6. The van der Waals surface area contributed by atoms with E-state index in [2.05, 4.69) is 10.6 Å². The van der Waals surface area contributed by atoms with Gasteiger partial charge in [0.2, 0.25) is 5.91 Å². The first-order valence-electron chi connectivity index (χ1n) is 14.4. The highest BCUT2D eigenvalue weighted by Gasteiger charge is 2.10. The first kappa shape index (κ1) is 33.1. The molecule has 0 aliphatic rings. The summed E-state index contributed by atoms with van der Waals surface area (Å²) in [6, 6.07) is 6.85. The van der Waals surface area contributed by atoms with E-state index in [-0.39, 0.29) is 24.2 Å². The van der Waals surface area contributed by atoms with Gasteiger partial charge in [0.1, 0.15) is 0 Å². The predicted octanol–water partition coefficient (Wildman–Crippen LogP) is 6.79. The van der Waals surface area contributed by atoms with Crippen molar-refractivity contribution in [3.8, 4) is 0 Å². The van der Waals surface area contributed by atoms with Gasteiger partial charge in [-0.15, -0.1) is 0 Å². The van der Waals surface area contributed by atoms with E-state index in [9.17, 15) is 19.2 Å². The fourth-order valence-electron chi connectivity index (χ4n) is 4.26. The van der Waals surface area contributed by atoms with Crippen LogP contribution < -0.4 is 10.6 Å². The fraction of sp³-hybridized carbons (Fsp3) is 0.667. The van der Waals surface area contributed by atoms with Crippen molar-refractivity contribution in [3.63, 3.8) is 0 Å². The third-order valence-corrected chi connectivity index (χ3v) is 6.75. The monoisotopic (exact) mass is 532 g/mol. The molecule has 214 valence electrons. The quantitative estimate of drug-likeness (QED) is 0.115. The highest BCUT2D eigenvalue weighted by molar-refractivity contribution is 5.95.